The number of anilines is 1. The van der Waals surface area contributed by atoms with Crippen LogP contribution in [0.25, 0.3) is 0 Å². The van der Waals surface area contributed by atoms with Gasteiger partial charge in [0.2, 0.25) is 5.91 Å². The van der Waals surface area contributed by atoms with Gasteiger partial charge in [0.15, 0.2) is 0 Å². The Morgan fingerprint density at radius 1 is 1.00 bits per heavy atom. The molecule has 1 amide bonds. The van der Waals surface area contributed by atoms with Gasteiger partial charge < -0.3 is 15.7 Å². The molecule has 8 heteroatoms. The van der Waals surface area contributed by atoms with Crippen molar-refractivity contribution in [3.63, 3.8) is 0 Å². The lowest BCUT2D eigenvalue weighted by molar-refractivity contribution is -0.115. The molecule has 0 aromatic heterocycles. The molecule has 2 saturated heterocycles. The van der Waals surface area contributed by atoms with Crippen LogP contribution < -0.4 is 10.6 Å². The fourth-order valence-electron chi connectivity index (χ4n) is 4.40. The number of fused-ring (bicyclic) bond motifs is 1. The highest BCUT2D eigenvalue weighted by atomic mass is 19.3. The Bertz CT molecular complexity index is 868. The van der Waals surface area contributed by atoms with E-state index in [4.69, 9.17) is 5.11 Å². The summed E-state index contributed by atoms with van der Waals surface area (Å²) >= 11 is 0. The molecule has 1 saturated carbocycles. The van der Waals surface area contributed by atoms with Crippen LogP contribution in [-0.4, -0.2) is 73.4 Å². The van der Waals surface area contributed by atoms with E-state index < -0.39 is 6.43 Å². The second-order valence-corrected chi connectivity index (χ2v) is 8.58. The third-order valence-electron chi connectivity index (χ3n) is 6.30. The first-order valence-electron chi connectivity index (χ1n) is 12.3. The van der Waals surface area contributed by atoms with Gasteiger partial charge >= 0.3 is 0 Å². The Morgan fingerprint density at radius 2 is 1.63 bits per heavy atom. The summed E-state index contributed by atoms with van der Waals surface area (Å²) in [6.07, 6.45) is 0.237. The van der Waals surface area contributed by atoms with E-state index in [9.17, 15) is 13.6 Å². The van der Waals surface area contributed by atoms with Gasteiger partial charge in [-0.25, -0.2) is 8.78 Å². The molecule has 2 atom stereocenters. The number of nitrogens with zero attached hydrogens (tertiary/aromatic N) is 2. The number of hydrogen-bond acceptors (Lipinski definition) is 5. The van der Waals surface area contributed by atoms with Crippen molar-refractivity contribution in [2.75, 3.05) is 45.8 Å². The molecule has 2 aliphatic heterocycles. The van der Waals surface area contributed by atoms with Crippen LogP contribution in [0, 0.1) is 0 Å². The molecule has 3 fully saturated rings. The lowest BCUT2D eigenvalue weighted by atomic mass is 9.75. The van der Waals surface area contributed by atoms with Gasteiger partial charge in [-0.05, 0) is 43.5 Å². The van der Waals surface area contributed by atoms with E-state index in [1.54, 1.807) is 18.7 Å². The Hall–Kier alpha value is -2.39. The third-order valence-corrected chi connectivity index (χ3v) is 6.30. The van der Waals surface area contributed by atoms with Gasteiger partial charge in [-0.15, -0.1) is 0 Å². The number of benzene rings is 2. The standard InChI is InChI=1S/C14H18N2.C10H12F2N2O.C2H6.CH4O/c1-2-4-11(5-3-1)12-6-13(7-12)15-8-14-9-16(14)10-15;1-13-6-9(15)14-8-4-2-3-7(5-8)10(11)12;2*1-2/h1-5,12-14H,6-10H2;2-5,10,13H,6H2,1H3,(H,14,15);1-2H3;2H,1H3. The fourth-order valence-corrected chi connectivity index (χ4v) is 4.40. The number of rotatable bonds is 6. The largest absolute Gasteiger partial charge is 0.400 e. The molecule has 2 heterocycles. The summed E-state index contributed by atoms with van der Waals surface area (Å²) in [5.41, 5.74) is 1.83. The molecule has 2 unspecified atom stereocenters. The van der Waals surface area contributed by atoms with Crippen molar-refractivity contribution < 1.29 is 18.7 Å². The summed E-state index contributed by atoms with van der Waals surface area (Å²) in [6.45, 7) is 8.10. The molecule has 1 aliphatic carbocycles. The van der Waals surface area contributed by atoms with Crippen LogP contribution in [0.2, 0.25) is 0 Å². The lowest BCUT2D eigenvalue weighted by Gasteiger charge is -2.41. The van der Waals surface area contributed by atoms with Gasteiger partial charge in [0.1, 0.15) is 0 Å². The van der Waals surface area contributed by atoms with Crippen molar-refractivity contribution in [3.8, 4) is 0 Å². The van der Waals surface area contributed by atoms with Gasteiger partial charge in [0.25, 0.3) is 6.43 Å². The fraction of sp³-hybridized carbons (Fsp3) is 0.519. The monoisotopic (exact) mass is 490 g/mol. The lowest BCUT2D eigenvalue weighted by Crippen LogP contribution is -2.44. The maximum absolute atomic E-state index is 12.3. The molecule has 2 aromatic carbocycles. The number of alkyl halides is 2. The Morgan fingerprint density at radius 3 is 2.17 bits per heavy atom. The van der Waals surface area contributed by atoms with Gasteiger partial charge in [-0.3, -0.25) is 14.6 Å². The van der Waals surface area contributed by atoms with Crippen LogP contribution in [0.5, 0.6) is 0 Å². The van der Waals surface area contributed by atoms with E-state index in [0.717, 1.165) is 25.1 Å². The molecule has 194 valence electrons. The summed E-state index contributed by atoms with van der Waals surface area (Å²) in [5, 5.41) is 12.2. The molecule has 0 spiro atoms. The predicted octanol–water partition coefficient (Wildman–Crippen LogP) is 4.31. The maximum Gasteiger partial charge on any atom is 0.263 e. The molecular formula is C27H40F2N4O2. The minimum Gasteiger partial charge on any atom is -0.400 e. The number of hydrogen-bond donors (Lipinski definition) is 3. The Kier molecular flexibility index (Phi) is 12.3. The van der Waals surface area contributed by atoms with Crippen molar-refractivity contribution in [2.24, 2.45) is 0 Å². The summed E-state index contributed by atoms with van der Waals surface area (Å²) in [7, 11) is 2.63. The highest BCUT2D eigenvalue weighted by Gasteiger charge is 2.47. The number of carbonyl (C=O) groups is 1. The van der Waals surface area contributed by atoms with Gasteiger partial charge in [0, 0.05) is 43.5 Å². The van der Waals surface area contributed by atoms with Crippen LogP contribution >= 0.6 is 0 Å². The zero-order valence-corrected chi connectivity index (χ0v) is 21.3. The summed E-state index contributed by atoms with van der Waals surface area (Å²) < 4.78 is 24.6. The summed E-state index contributed by atoms with van der Waals surface area (Å²) in [6, 6.07) is 18.4. The van der Waals surface area contributed by atoms with E-state index in [1.165, 1.54) is 50.8 Å². The van der Waals surface area contributed by atoms with Crippen molar-refractivity contribution >= 4 is 11.6 Å². The number of aliphatic hydroxyl groups is 1. The first kappa shape index (κ1) is 28.8. The molecule has 3 aliphatic rings. The Labute approximate surface area is 208 Å². The van der Waals surface area contributed by atoms with Crippen LogP contribution in [-0.2, 0) is 4.79 Å². The van der Waals surface area contributed by atoms with Crippen molar-refractivity contribution in [3.05, 3.63) is 65.7 Å². The average molecular weight is 491 g/mol. The topological polar surface area (TPSA) is 67.6 Å². The number of amides is 1. The maximum atomic E-state index is 12.3. The van der Waals surface area contributed by atoms with E-state index in [-0.39, 0.29) is 18.0 Å². The molecule has 0 radical (unpaired) electrons. The molecule has 2 aromatic rings. The average Bonchev–Trinajstić information content (AvgIpc) is 3.47. The van der Waals surface area contributed by atoms with Crippen molar-refractivity contribution in [1.29, 1.82) is 0 Å². The van der Waals surface area contributed by atoms with Gasteiger partial charge in [-0.1, -0.05) is 56.3 Å². The predicted molar refractivity (Wildman–Crippen MR) is 138 cm³/mol. The van der Waals surface area contributed by atoms with E-state index in [2.05, 4.69) is 50.8 Å². The second-order valence-electron chi connectivity index (χ2n) is 8.58. The molecule has 6 nitrogen and oxygen atoms in total. The van der Waals surface area contributed by atoms with E-state index in [1.807, 2.05) is 13.8 Å². The van der Waals surface area contributed by atoms with Crippen molar-refractivity contribution in [2.45, 2.75) is 51.1 Å². The summed E-state index contributed by atoms with van der Waals surface area (Å²) in [4.78, 5) is 16.4. The highest BCUT2D eigenvalue weighted by Crippen LogP contribution is 2.42. The zero-order chi connectivity index (χ0) is 25.8. The first-order valence-corrected chi connectivity index (χ1v) is 12.3. The number of aliphatic hydroxyl groups excluding tert-OH is 1. The SMILES string of the molecule is CC.CNCC(=O)Nc1cccc(C(F)F)c1.CO.c1ccc(C2CC(N3CC4CN4C3)C2)cc1. The minimum atomic E-state index is -2.52. The number of nitrogens with one attached hydrogen (secondary N) is 2. The zero-order valence-electron chi connectivity index (χ0n) is 21.3. The molecule has 5 rings (SSSR count). The molecule has 0 bridgehead atoms. The number of halogens is 2. The van der Waals surface area contributed by atoms with Crippen LogP contribution in [0.3, 0.4) is 0 Å². The molecular weight excluding hydrogens is 450 g/mol. The second kappa shape index (κ2) is 14.9. The van der Waals surface area contributed by atoms with Crippen LogP contribution in [0.4, 0.5) is 14.5 Å². The minimum absolute atomic E-state index is 0.0998. The normalized spacial score (nSPS) is 23.8. The smallest absolute Gasteiger partial charge is 0.263 e. The molecule has 35 heavy (non-hydrogen) atoms. The first-order chi connectivity index (χ1) is 17.0. The summed E-state index contributed by atoms with van der Waals surface area (Å²) in [5.74, 6) is 0.571. The third kappa shape index (κ3) is 8.65. The number of carbonyl (C=O) groups excluding carboxylic acids is 1. The highest BCUT2D eigenvalue weighted by molar-refractivity contribution is 5.92. The van der Waals surface area contributed by atoms with E-state index >= 15 is 0 Å². The van der Waals surface area contributed by atoms with Crippen molar-refractivity contribution in [1.82, 2.24) is 15.1 Å². The van der Waals surface area contributed by atoms with Crippen LogP contribution in [0.1, 0.15) is 50.2 Å². The van der Waals surface area contributed by atoms with Gasteiger partial charge in [0.05, 0.1) is 13.2 Å². The molecule has 3 N–H and O–H groups in total. The van der Waals surface area contributed by atoms with Gasteiger partial charge in [-0.2, -0.15) is 0 Å². The van der Waals surface area contributed by atoms with E-state index in [0.29, 0.717) is 5.69 Å². The van der Waals surface area contributed by atoms with Crippen LogP contribution in [0.15, 0.2) is 54.6 Å². The number of likely N-dealkylation sites (N-methyl/N-ethyl adjacent to an activating group) is 1. The quantitative estimate of drug-likeness (QED) is 0.527. The Balaban J connectivity index is 0.000000217.